The fraction of sp³-hybridized carbons (Fsp3) is 0.300. The number of halogens is 1. The first-order valence-electron chi connectivity index (χ1n) is 8.32. The predicted molar refractivity (Wildman–Crippen MR) is 91.2 cm³/mol. The third-order valence-electron chi connectivity index (χ3n) is 4.36. The van der Waals surface area contributed by atoms with E-state index in [1.165, 1.54) is 29.8 Å². The smallest absolute Gasteiger partial charge is 0.311 e. The van der Waals surface area contributed by atoms with Gasteiger partial charge in [-0.05, 0) is 42.2 Å². The first-order valence-corrected chi connectivity index (χ1v) is 8.32. The first kappa shape index (κ1) is 17.1. The maximum atomic E-state index is 12.9. The van der Waals surface area contributed by atoms with Crippen molar-refractivity contribution in [3.05, 3.63) is 71.0 Å². The van der Waals surface area contributed by atoms with Crippen LogP contribution in [0.25, 0.3) is 0 Å². The molecule has 2 aromatic rings. The number of carbonyl (C=O) groups excluding carboxylic acids is 2. The summed E-state index contributed by atoms with van der Waals surface area (Å²) in [5.41, 5.74) is 3.04. The molecule has 0 aromatic heterocycles. The normalized spacial score (nSPS) is 14.6. The van der Waals surface area contributed by atoms with Crippen molar-refractivity contribution in [2.45, 2.75) is 32.4 Å². The highest BCUT2D eigenvalue weighted by atomic mass is 19.1. The minimum absolute atomic E-state index is 0.0146. The van der Waals surface area contributed by atoms with Crippen LogP contribution < -0.4 is 0 Å². The summed E-state index contributed by atoms with van der Waals surface area (Å²) >= 11 is 0. The molecule has 0 saturated heterocycles. The second kappa shape index (κ2) is 7.47. The Morgan fingerprint density at radius 2 is 1.80 bits per heavy atom. The molecule has 4 nitrogen and oxygen atoms in total. The highest BCUT2D eigenvalue weighted by Crippen LogP contribution is 2.19. The van der Waals surface area contributed by atoms with Crippen LogP contribution in [-0.2, 0) is 33.7 Å². The SMILES string of the molecule is C[C@H](OC(=O)Cc1ccc(F)cc1)C(=O)N1CCc2ccccc2C1. The fourth-order valence-corrected chi connectivity index (χ4v) is 3.00. The van der Waals surface area contributed by atoms with Crippen molar-refractivity contribution in [3.63, 3.8) is 0 Å². The van der Waals surface area contributed by atoms with Crippen LogP contribution in [-0.4, -0.2) is 29.4 Å². The number of amides is 1. The van der Waals surface area contributed by atoms with Crippen molar-refractivity contribution in [1.82, 2.24) is 4.90 Å². The molecule has 0 aliphatic carbocycles. The molecule has 0 bridgehead atoms. The standard InChI is InChI=1S/C20H20FNO3/c1-14(25-19(23)12-15-6-8-18(21)9-7-15)20(24)22-11-10-16-4-2-3-5-17(16)13-22/h2-9,14H,10-13H2,1H3/t14-/m0/s1. The molecule has 1 aliphatic rings. The van der Waals surface area contributed by atoms with Crippen LogP contribution in [0.4, 0.5) is 4.39 Å². The lowest BCUT2D eigenvalue weighted by atomic mass is 9.99. The van der Waals surface area contributed by atoms with Gasteiger partial charge in [0.15, 0.2) is 6.10 Å². The number of hydrogen-bond acceptors (Lipinski definition) is 3. The molecule has 3 rings (SSSR count). The summed E-state index contributed by atoms with van der Waals surface area (Å²) < 4.78 is 18.1. The highest BCUT2D eigenvalue weighted by molar-refractivity contribution is 5.84. The molecule has 1 heterocycles. The average Bonchev–Trinajstić information content (AvgIpc) is 2.62. The molecule has 5 heteroatoms. The number of fused-ring (bicyclic) bond motifs is 1. The predicted octanol–water partition coefficient (Wildman–Crippen LogP) is 2.88. The Kier molecular flexibility index (Phi) is 5.12. The molecule has 0 fully saturated rings. The number of benzene rings is 2. The minimum Gasteiger partial charge on any atom is -0.452 e. The van der Waals surface area contributed by atoms with Gasteiger partial charge in [-0.3, -0.25) is 9.59 Å². The van der Waals surface area contributed by atoms with Gasteiger partial charge in [0, 0.05) is 13.1 Å². The van der Waals surface area contributed by atoms with Gasteiger partial charge in [0.25, 0.3) is 5.91 Å². The molecule has 1 aliphatic heterocycles. The van der Waals surface area contributed by atoms with Crippen LogP contribution in [0.2, 0.25) is 0 Å². The van der Waals surface area contributed by atoms with Crippen LogP contribution in [0, 0.1) is 5.82 Å². The van der Waals surface area contributed by atoms with Gasteiger partial charge in [-0.1, -0.05) is 36.4 Å². The van der Waals surface area contributed by atoms with E-state index in [0.29, 0.717) is 18.7 Å². The number of esters is 1. The fourth-order valence-electron chi connectivity index (χ4n) is 3.00. The van der Waals surface area contributed by atoms with Gasteiger partial charge < -0.3 is 9.64 Å². The van der Waals surface area contributed by atoms with Crippen molar-refractivity contribution in [2.24, 2.45) is 0 Å². The molecule has 0 saturated carbocycles. The lowest BCUT2D eigenvalue weighted by molar-refractivity contribution is -0.159. The Hall–Kier alpha value is -2.69. The van der Waals surface area contributed by atoms with E-state index in [2.05, 4.69) is 6.07 Å². The third-order valence-corrected chi connectivity index (χ3v) is 4.36. The third kappa shape index (κ3) is 4.24. The van der Waals surface area contributed by atoms with E-state index < -0.39 is 12.1 Å². The molecule has 25 heavy (non-hydrogen) atoms. The molecule has 0 spiro atoms. The summed E-state index contributed by atoms with van der Waals surface area (Å²) in [5, 5.41) is 0. The molecule has 0 unspecified atom stereocenters. The Labute approximate surface area is 146 Å². The zero-order chi connectivity index (χ0) is 17.8. The summed E-state index contributed by atoms with van der Waals surface area (Å²) in [5.74, 6) is -1.04. The van der Waals surface area contributed by atoms with Crippen molar-refractivity contribution in [3.8, 4) is 0 Å². The van der Waals surface area contributed by atoms with E-state index in [-0.39, 0.29) is 18.1 Å². The Morgan fingerprint density at radius 1 is 1.12 bits per heavy atom. The zero-order valence-electron chi connectivity index (χ0n) is 14.1. The van der Waals surface area contributed by atoms with Crippen LogP contribution in [0.5, 0.6) is 0 Å². The van der Waals surface area contributed by atoms with Crippen molar-refractivity contribution in [1.29, 1.82) is 0 Å². The zero-order valence-corrected chi connectivity index (χ0v) is 14.1. The van der Waals surface area contributed by atoms with Gasteiger partial charge >= 0.3 is 5.97 Å². The van der Waals surface area contributed by atoms with Gasteiger partial charge in [-0.2, -0.15) is 0 Å². The number of ether oxygens (including phenoxy) is 1. The molecule has 1 amide bonds. The van der Waals surface area contributed by atoms with Gasteiger partial charge in [0.2, 0.25) is 0 Å². The summed E-state index contributed by atoms with van der Waals surface area (Å²) in [6.45, 7) is 2.75. The van der Waals surface area contributed by atoms with Crippen molar-refractivity contribution in [2.75, 3.05) is 6.54 Å². The van der Waals surface area contributed by atoms with Gasteiger partial charge in [0.1, 0.15) is 5.82 Å². The van der Waals surface area contributed by atoms with Gasteiger partial charge in [-0.25, -0.2) is 4.39 Å². The molecule has 1 atom stereocenters. The quantitative estimate of drug-likeness (QED) is 0.804. The molecule has 2 aromatic carbocycles. The minimum atomic E-state index is -0.835. The Morgan fingerprint density at radius 3 is 2.52 bits per heavy atom. The van der Waals surface area contributed by atoms with Crippen molar-refractivity contribution >= 4 is 11.9 Å². The molecular formula is C20H20FNO3. The largest absolute Gasteiger partial charge is 0.452 e. The highest BCUT2D eigenvalue weighted by Gasteiger charge is 2.26. The van der Waals surface area contributed by atoms with E-state index in [0.717, 1.165) is 12.0 Å². The average molecular weight is 341 g/mol. The summed E-state index contributed by atoms with van der Waals surface area (Å²) in [6, 6.07) is 13.7. The van der Waals surface area contributed by atoms with E-state index >= 15 is 0 Å². The number of nitrogens with zero attached hydrogens (tertiary/aromatic N) is 1. The van der Waals surface area contributed by atoms with Gasteiger partial charge in [0.05, 0.1) is 6.42 Å². The van der Waals surface area contributed by atoms with Gasteiger partial charge in [-0.15, -0.1) is 0 Å². The summed E-state index contributed by atoms with van der Waals surface area (Å²) in [4.78, 5) is 26.3. The number of rotatable bonds is 4. The van der Waals surface area contributed by atoms with E-state index in [9.17, 15) is 14.0 Å². The molecule has 0 N–H and O–H groups in total. The molecule has 130 valence electrons. The number of carbonyl (C=O) groups is 2. The van der Waals surface area contributed by atoms with E-state index in [1.807, 2.05) is 18.2 Å². The summed E-state index contributed by atoms with van der Waals surface area (Å²) in [6.07, 6.45) is -0.0166. The lowest BCUT2D eigenvalue weighted by Crippen LogP contribution is -2.42. The summed E-state index contributed by atoms with van der Waals surface area (Å²) in [7, 11) is 0. The Bertz CT molecular complexity index is 773. The van der Waals surface area contributed by atoms with Crippen LogP contribution in [0.3, 0.4) is 0 Å². The first-order chi connectivity index (χ1) is 12.0. The van der Waals surface area contributed by atoms with Crippen LogP contribution in [0.1, 0.15) is 23.6 Å². The van der Waals surface area contributed by atoms with Crippen LogP contribution in [0.15, 0.2) is 48.5 Å². The Balaban J connectivity index is 1.56. The molecule has 0 radical (unpaired) electrons. The van der Waals surface area contributed by atoms with Crippen molar-refractivity contribution < 1.29 is 18.7 Å². The second-order valence-corrected chi connectivity index (χ2v) is 6.21. The van der Waals surface area contributed by atoms with Crippen LogP contribution >= 0.6 is 0 Å². The second-order valence-electron chi connectivity index (χ2n) is 6.21. The topological polar surface area (TPSA) is 46.6 Å². The van der Waals surface area contributed by atoms with E-state index in [4.69, 9.17) is 4.74 Å². The number of hydrogen-bond donors (Lipinski definition) is 0. The maximum Gasteiger partial charge on any atom is 0.311 e. The van der Waals surface area contributed by atoms with E-state index in [1.54, 1.807) is 11.8 Å². The maximum absolute atomic E-state index is 12.9. The molecular weight excluding hydrogens is 321 g/mol. The lowest BCUT2D eigenvalue weighted by Gasteiger charge is -2.30. The monoisotopic (exact) mass is 341 g/mol.